The molecule has 11 nitrogen and oxygen atoms in total. The Balaban J connectivity index is 1.85. The third kappa shape index (κ3) is 5.17. The summed E-state index contributed by atoms with van der Waals surface area (Å²) >= 11 is 3.18. The third-order valence-corrected chi connectivity index (χ3v) is 3.63. The third-order valence-electron chi connectivity index (χ3n) is 3.03. The van der Waals surface area contributed by atoms with Gasteiger partial charge in [-0.1, -0.05) is 0 Å². The van der Waals surface area contributed by atoms with Gasteiger partial charge in [0, 0.05) is 13.0 Å². The van der Waals surface area contributed by atoms with E-state index in [1.54, 1.807) is 12.1 Å². The minimum Gasteiger partial charge on any atom is -0.503 e. The molecule has 0 saturated carbocycles. The number of phenolic OH excluding ortho intramolecular Hbond substituents is 1. The minimum absolute atomic E-state index is 0.0141. The van der Waals surface area contributed by atoms with Crippen molar-refractivity contribution in [2.75, 3.05) is 19.0 Å². The second-order valence-electron chi connectivity index (χ2n) is 4.88. The maximum Gasteiger partial charge on any atom is 0.342 e. The second-order valence-corrected chi connectivity index (χ2v) is 5.73. The number of hydrogen-bond donors (Lipinski definition) is 5. The first-order chi connectivity index (χ1) is 12.4. The summed E-state index contributed by atoms with van der Waals surface area (Å²) in [5, 5.41) is 21.7. The van der Waals surface area contributed by atoms with Crippen LogP contribution >= 0.6 is 15.9 Å². The first-order valence-electron chi connectivity index (χ1n) is 7.22. The van der Waals surface area contributed by atoms with Gasteiger partial charge in [-0.15, -0.1) is 5.10 Å². The fourth-order valence-electron chi connectivity index (χ4n) is 1.82. The van der Waals surface area contributed by atoms with E-state index in [1.165, 1.54) is 13.3 Å². The van der Waals surface area contributed by atoms with Crippen molar-refractivity contribution < 1.29 is 14.6 Å². The number of amides is 1. The van der Waals surface area contributed by atoms with E-state index >= 15 is 0 Å². The van der Waals surface area contributed by atoms with E-state index in [0.717, 1.165) is 0 Å². The normalized spacial score (nSPS) is 10.7. The molecule has 5 N–H and O–H groups in total. The van der Waals surface area contributed by atoms with Crippen LogP contribution in [-0.2, 0) is 4.79 Å². The molecule has 12 heteroatoms. The zero-order valence-corrected chi connectivity index (χ0v) is 15.1. The Morgan fingerprint density at radius 1 is 1.46 bits per heavy atom. The number of nitrogens with zero attached hydrogens (tertiary/aromatic N) is 2. The van der Waals surface area contributed by atoms with E-state index in [1.807, 2.05) is 4.98 Å². The molecule has 0 unspecified atom stereocenters. The highest BCUT2D eigenvalue weighted by atomic mass is 79.9. The quantitative estimate of drug-likeness (QED) is 0.304. The molecule has 0 bridgehead atoms. The summed E-state index contributed by atoms with van der Waals surface area (Å²) in [6.45, 7) is 0.113. The van der Waals surface area contributed by atoms with Crippen molar-refractivity contribution in [1.29, 1.82) is 0 Å². The minimum atomic E-state index is -0.717. The molecule has 0 aliphatic carbocycles. The number of aromatic nitrogens is 3. The summed E-state index contributed by atoms with van der Waals surface area (Å²) in [6, 6.07) is 3.15. The molecule has 0 saturated heterocycles. The number of methoxy groups -OCH3 is 1. The molecule has 1 aromatic carbocycles. The number of ether oxygens (including phenoxy) is 1. The van der Waals surface area contributed by atoms with Gasteiger partial charge < -0.3 is 15.2 Å². The maximum atomic E-state index is 11.7. The lowest BCUT2D eigenvalue weighted by Crippen LogP contribution is -2.28. The summed E-state index contributed by atoms with van der Waals surface area (Å²) < 4.78 is 5.44. The number of carbonyl (C=O) groups is 1. The Labute approximate surface area is 154 Å². The fourth-order valence-corrected chi connectivity index (χ4v) is 2.28. The molecule has 0 aliphatic heterocycles. The summed E-state index contributed by atoms with van der Waals surface area (Å²) in [5.74, 6) is -0.276. The molecule has 0 fully saturated rings. The average molecular weight is 427 g/mol. The Hall–Kier alpha value is -3.15. The van der Waals surface area contributed by atoms with Crippen LogP contribution in [0.3, 0.4) is 0 Å². The number of rotatable bonds is 7. The SMILES string of the molecule is COc1cc(C=NNC(=O)CCNc2n[nH]c(=O)[nH]c2=O)cc(Br)c1O. The summed E-state index contributed by atoms with van der Waals surface area (Å²) in [6.07, 6.45) is 1.40. The van der Waals surface area contributed by atoms with Crippen molar-refractivity contribution in [3.8, 4) is 11.5 Å². The number of halogens is 1. The van der Waals surface area contributed by atoms with Crippen LogP contribution in [0, 0.1) is 0 Å². The largest absolute Gasteiger partial charge is 0.503 e. The van der Waals surface area contributed by atoms with Crippen LogP contribution in [0.15, 0.2) is 31.3 Å². The maximum absolute atomic E-state index is 11.7. The van der Waals surface area contributed by atoms with E-state index < -0.39 is 17.2 Å². The van der Waals surface area contributed by atoms with E-state index in [2.05, 4.69) is 42.0 Å². The second kappa shape index (κ2) is 8.80. The Morgan fingerprint density at radius 2 is 2.23 bits per heavy atom. The van der Waals surface area contributed by atoms with Crippen molar-refractivity contribution in [2.24, 2.45) is 5.10 Å². The molecule has 0 radical (unpaired) electrons. The van der Waals surface area contributed by atoms with E-state index in [0.29, 0.717) is 10.0 Å². The zero-order chi connectivity index (χ0) is 19.1. The monoisotopic (exact) mass is 426 g/mol. The number of benzene rings is 1. The molecule has 1 aromatic heterocycles. The van der Waals surface area contributed by atoms with Crippen molar-refractivity contribution in [2.45, 2.75) is 6.42 Å². The van der Waals surface area contributed by atoms with Crippen molar-refractivity contribution in [3.05, 3.63) is 43.0 Å². The number of hydrazone groups is 1. The molecule has 0 atom stereocenters. The van der Waals surface area contributed by atoms with Gasteiger partial charge in [0.2, 0.25) is 11.7 Å². The Morgan fingerprint density at radius 3 is 2.92 bits per heavy atom. The fraction of sp³-hybridized carbons (Fsp3) is 0.214. The molecular weight excluding hydrogens is 412 g/mol. The first-order valence-corrected chi connectivity index (χ1v) is 8.01. The molecular formula is C14H15BrN6O5. The average Bonchev–Trinajstić information content (AvgIpc) is 2.59. The number of aromatic hydroxyl groups is 1. The van der Waals surface area contributed by atoms with Crippen LogP contribution in [0.2, 0.25) is 0 Å². The molecule has 1 heterocycles. The molecule has 26 heavy (non-hydrogen) atoms. The number of phenols is 1. The smallest absolute Gasteiger partial charge is 0.342 e. The molecule has 0 spiro atoms. The molecule has 2 aromatic rings. The number of hydrogen-bond acceptors (Lipinski definition) is 8. The summed E-state index contributed by atoms with van der Waals surface area (Å²) in [4.78, 5) is 35.9. The highest BCUT2D eigenvalue weighted by Crippen LogP contribution is 2.34. The standard InChI is InChI=1S/C14H15BrN6O5/c1-26-9-5-7(4-8(15)11(9)23)6-17-19-10(22)2-3-16-12-13(24)18-14(25)21-20-12/h4-6,23H,2-3H2,1H3,(H,16,20)(H,19,22)(H2,18,21,24,25). The van der Waals surface area contributed by atoms with Gasteiger partial charge in [-0.25, -0.2) is 15.3 Å². The number of nitrogens with one attached hydrogen (secondary N) is 4. The van der Waals surface area contributed by atoms with Gasteiger partial charge in [-0.3, -0.25) is 14.6 Å². The molecule has 1 amide bonds. The van der Waals surface area contributed by atoms with Crippen LogP contribution in [0.4, 0.5) is 5.82 Å². The van der Waals surface area contributed by atoms with Crippen LogP contribution in [0.1, 0.15) is 12.0 Å². The molecule has 0 aliphatic rings. The van der Waals surface area contributed by atoms with E-state index in [4.69, 9.17) is 4.74 Å². The van der Waals surface area contributed by atoms with Crippen LogP contribution in [0.25, 0.3) is 0 Å². The predicted octanol–water partition coefficient (Wildman–Crippen LogP) is -0.113. The molecule has 138 valence electrons. The molecule has 2 rings (SSSR count). The van der Waals surface area contributed by atoms with Crippen molar-refractivity contribution in [1.82, 2.24) is 20.6 Å². The first kappa shape index (κ1) is 19.2. The van der Waals surface area contributed by atoms with Gasteiger partial charge in [0.25, 0.3) is 5.56 Å². The summed E-state index contributed by atoms with van der Waals surface area (Å²) in [7, 11) is 1.42. The van der Waals surface area contributed by atoms with E-state index in [-0.39, 0.29) is 30.3 Å². The predicted molar refractivity (Wildman–Crippen MR) is 96.7 cm³/mol. The topological polar surface area (TPSA) is 162 Å². The lowest BCUT2D eigenvalue weighted by molar-refractivity contribution is -0.120. The lowest BCUT2D eigenvalue weighted by Gasteiger charge is -2.06. The Bertz CT molecular complexity index is 938. The highest BCUT2D eigenvalue weighted by Gasteiger charge is 2.08. The van der Waals surface area contributed by atoms with Crippen LogP contribution in [-0.4, -0.2) is 46.1 Å². The summed E-state index contributed by atoms with van der Waals surface area (Å²) in [5.41, 5.74) is 1.51. The lowest BCUT2D eigenvalue weighted by atomic mass is 10.2. The van der Waals surface area contributed by atoms with Gasteiger partial charge >= 0.3 is 5.69 Å². The van der Waals surface area contributed by atoms with E-state index in [9.17, 15) is 19.5 Å². The van der Waals surface area contributed by atoms with Crippen molar-refractivity contribution in [3.63, 3.8) is 0 Å². The number of aromatic amines is 2. The number of H-pyrrole nitrogens is 2. The van der Waals surface area contributed by atoms with Gasteiger partial charge in [0.1, 0.15) is 0 Å². The van der Waals surface area contributed by atoms with Crippen LogP contribution < -0.4 is 26.7 Å². The van der Waals surface area contributed by atoms with Crippen LogP contribution in [0.5, 0.6) is 11.5 Å². The Kier molecular flexibility index (Phi) is 6.49. The van der Waals surface area contributed by atoms with Gasteiger partial charge in [0.15, 0.2) is 11.5 Å². The number of anilines is 1. The van der Waals surface area contributed by atoms with Gasteiger partial charge in [-0.2, -0.15) is 5.10 Å². The van der Waals surface area contributed by atoms with Crippen molar-refractivity contribution >= 4 is 33.9 Å². The van der Waals surface area contributed by atoms with Gasteiger partial charge in [-0.05, 0) is 33.6 Å². The number of carbonyl (C=O) groups excluding carboxylic acids is 1. The zero-order valence-electron chi connectivity index (χ0n) is 13.5. The van der Waals surface area contributed by atoms with Gasteiger partial charge in [0.05, 0.1) is 17.8 Å². The highest BCUT2D eigenvalue weighted by molar-refractivity contribution is 9.10.